The zero-order chi connectivity index (χ0) is 11.6. The number of hydrogen-bond acceptors (Lipinski definition) is 1. The molecule has 2 bridgehead atoms. The SMILES string of the molecule is C1=CC23CCCCCCCCC(C=C1)(CC2)N3. The summed E-state index contributed by atoms with van der Waals surface area (Å²) in [4.78, 5) is 0. The second-order valence-electron chi connectivity index (χ2n) is 6.28. The van der Waals surface area contributed by atoms with Crippen molar-refractivity contribution >= 4 is 0 Å². The maximum absolute atomic E-state index is 4.00. The molecule has 3 aliphatic heterocycles. The molecule has 94 valence electrons. The van der Waals surface area contributed by atoms with Gasteiger partial charge in [-0.25, -0.2) is 0 Å². The van der Waals surface area contributed by atoms with E-state index in [1.165, 1.54) is 64.2 Å². The highest BCUT2D eigenvalue weighted by Gasteiger charge is 2.44. The van der Waals surface area contributed by atoms with E-state index >= 15 is 0 Å². The maximum Gasteiger partial charge on any atom is 0.0375 e. The van der Waals surface area contributed by atoms with Gasteiger partial charge in [0.1, 0.15) is 0 Å². The third kappa shape index (κ3) is 2.35. The number of allylic oxidation sites excluding steroid dienone is 2. The van der Waals surface area contributed by atoms with Gasteiger partial charge in [0.15, 0.2) is 0 Å². The Labute approximate surface area is 105 Å². The highest BCUT2D eigenvalue weighted by atomic mass is 15.1. The molecule has 3 aliphatic rings. The highest BCUT2D eigenvalue weighted by molar-refractivity contribution is 5.28. The van der Waals surface area contributed by atoms with Crippen LogP contribution in [-0.4, -0.2) is 11.1 Å². The van der Waals surface area contributed by atoms with Crippen LogP contribution in [0.4, 0.5) is 0 Å². The van der Waals surface area contributed by atoms with Crippen LogP contribution in [0, 0.1) is 0 Å². The molecule has 0 aromatic rings. The fraction of sp³-hybridized carbons (Fsp3) is 0.750. The molecule has 2 fully saturated rings. The minimum absolute atomic E-state index is 0.327. The topological polar surface area (TPSA) is 12.0 Å². The average molecular weight is 231 g/mol. The van der Waals surface area contributed by atoms with E-state index in [4.69, 9.17) is 0 Å². The van der Waals surface area contributed by atoms with E-state index in [0.717, 1.165) is 0 Å². The molecule has 1 N–H and O–H groups in total. The second kappa shape index (κ2) is 4.61. The van der Waals surface area contributed by atoms with Crippen LogP contribution in [0.25, 0.3) is 0 Å². The summed E-state index contributed by atoms with van der Waals surface area (Å²) < 4.78 is 0. The van der Waals surface area contributed by atoms with E-state index in [1.807, 2.05) is 0 Å². The van der Waals surface area contributed by atoms with E-state index in [1.54, 1.807) is 0 Å². The van der Waals surface area contributed by atoms with Crippen LogP contribution in [0.5, 0.6) is 0 Å². The predicted octanol–water partition coefficient (Wildman–Crippen LogP) is 4.11. The monoisotopic (exact) mass is 231 g/mol. The van der Waals surface area contributed by atoms with Gasteiger partial charge in [0.2, 0.25) is 0 Å². The second-order valence-corrected chi connectivity index (χ2v) is 6.28. The molecular formula is C16H25N. The van der Waals surface area contributed by atoms with Gasteiger partial charge in [-0.1, -0.05) is 62.8 Å². The Hall–Kier alpha value is -0.560. The van der Waals surface area contributed by atoms with Crippen LogP contribution in [0.15, 0.2) is 24.3 Å². The summed E-state index contributed by atoms with van der Waals surface area (Å²) in [6, 6.07) is 0. The molecule has 0 aromatic heterocycles. The number of rotatable bonds is 0. The quantitative estimate of drug-likeness (QED) is 0.661. The van der Waals surface area contributed by atoms with Gasteiger partial charge in [-0.2, -0.15) is 0 Å². The Bertz CT molecular complexity index is 298. The lowest BCUT2D eigenvalue weighted by atomic mass is 9.86. The largest absolute Gasteiger partial charge is 0.299 e. The van der Waals surface area contributed by atoms with E-state index in [0.29, 0.717) is 11.1 Å². The van der Waals surface area contributed by atoms with Crippen molar-refractivity contribution in [2.45, 2.75) is 75.3 Å². The molecule has 1 heteroatoms. The molecule has 2 atom stereocenters. The molecule has 0 aromatic carbocycles. The van der Waals surface area contributed by atoms with Crippen LogP contribution < -0.4 is 5.32 Å². The maximum atomic E-state index is 4.00. The van der Waals surface area contributed by atoms with Gasteiger partial charge in [-0.15, -0.1) is 0 Å². The highest BCUT2D eigenvalue weighted by Crippen LogP contribution is 2.41. The molecule has 3 heterocycles. The molecule has 0 saturated carbocycles. The first-order valence-electron chi connectivity index (χ1n) is 7.49. The van der Waals surface area contributed by atoms with Crippen LogP contribution >= 0.6 is 0 Å². The lowest BCUT2D eigenvalue weighted by Gasteiger charge is -2.32. The van der Waals surface area contributed by atoms with Gasteiger partial charge in [0, 0.05) is 11.1 Å². The third-order valence-electron chi connectivity index (χ3n) is 4.95. The fourth-order valence-corrected chi connectivity index (χ4v) is 3.93. The van der Waals surface area contributed by atoms with Crippen molar-refractivity contribution in [1.29, 1.82) is 0 Å². The smallest absolute Gasteiger partial charge is 0.0375 e. The van der Waals surface area contributed by atoms with Gasteiger partial charge in [0.05, 0.1) is 0 Å². The number of nitrogens with one attached hydrogen (secondary N) is 1. The molecule has 0 radical (unpaired) electrons. The van der Waals surface area contributed by atoms with Crippen molar-refractivity contribution in [3.05, 3.63) is 24.3 Å². The van der Waals surface area contributed by atoms with E-state index in [2.05, 4.69) is 29.6 Å². The zero-order valence-corrected chi connectivity index (χ0v) is 10.9. The summed E-state index contributed by atoms with van der Waals surface area (Å²) in [5.74, 6) is 0. The van der Waals surface area contributed by atoms with Gasteiger partial charge in [-0.05, 0) is 25.7 Å². The minimum atomic E-state index is 0.327. The van der Waals surface area contributed by atoms with Gasteiger partial charge < -0.3 is 0 Å². The van der Waals surface area contributed by atoms with Crippen molar-refractivity contribution in [3.8, 4) is 0 Å². The zero-order valence-electron chi connectivity index (χ0n) is 10.9. The van der Waals surface area contributed by atoms with Crippen molar-refractivity contribution in [2.24, 2.45) is 0 Å². The first-order chi connectivity index (χ1) is 8.33. The lowest BCUT2D eigenvalue weighted by Crippen LogP contribution is -2.47. The predicted molar refractivity (Wildman–Crippen MR) is 73.0 cm³/mol. The first kappa shape index (κ1) is 11.5. The van der Waals surface area contributed by atoms with Gasteiger partial charge >= 0.3 is 0 Å². The summed E-state index contributed by atoms with van der Waals surface area (Å²) in [6.45, 7) is 0. The standard InChI is InChI=1S/C16H25N/c1-2-4-6-10-16-12-8-7-11-15(17-16,13-14-16)9-5-3-1/h7-8,11-12,17H,1-6,9-10,13-14H2. The third-order valence-corrected chi connectivity index (χ3v) is 4.95. The molecular weight excluding hydrogens is 206 g/mol. The Morgan fingerprint density at radius 2 is 1.06 bits per heavy atom. The molecule has 1 nitrogen and oxygen atoms in total. The molecule has 3 rings (SSSR count). The molecule has 0 spiro atoms. The molecule has 0 aliphatic carbocycles. The Kier molecular flexibility index (Phi) is 3.12. The van der Waals surface area contributed by atoms with Crippen LogP contribution in [-0.2, 0) is 0 Å². The van der Waals surface area contributed by atoms with E-state index < -0.39 is 0 Å². The van der Waals surface area contributed by atoms with E-state index in [9.17, 15) is 0 Å². The van der Waals surface area contributed by atoms with Gasteiger partial charge in [0.25, 0.3) is 0 Å². The van der Waals surface area contributed by atoms with Crippen LogP contribution in [0.2, 0.25) is 0 Å². The normalized spacial score (nSPS) is 41.9. The lowest BCUT2D eigenvalue weighted by molar-refractivity contribution is 0.345. The molecule has 0 amide bonds. The minimum Gasteiger partial charge on any atom is -0.299 e. The Balaban J connectivity index is 1.83. The average Bonchev–Trinajstić information content (AvgIpc) is 2.55. The Morgan fingerprint density at radius 1 is 0.588 bits per heavy atom. The van der Waals surface area contributed by atoms with Crippen molar-refractivity contribution in [3.63, 3.8) is 0 Å². The van der Waals surface area contributed by atoms with Gasteiger partial charge in [-0.3, -0.25) is 5.32 Å². The summed E-state index contributed by atoms with van der Waals surface area (Å²) in [5, 5.41) is 4.00. The first-order valence-corrected chi connectivity index (χ1v) is 7.49. The fourth-order valence-electron chi connectivity index (χ4n) is 3.93. The summed E-state index contributed by atoms with van der Waals surface area (Å²) in [7, 11) is 0. The number of hydrogen-bond donors (Lipinski definition) is 1. The summed E-state index contributed by atoms with van der Waals surface area (Å²) >= 11 is 0. The van der Waals surface area contributed by atoms with Crippen LogP contribution in [0.1, 0.15) is 64.2 Å². The molecule has 2 unspecified atom stereocenters. The Morgan fingerprint density at radius 3 is 1.59 bits per heavy atom. The van der Waals surface area contributed by atoms with Crippen LogP contribution in [0.3, 0.4) is 0 Å². The molecule has 2 saturated heterocycles. The summed E-state index contributed by atoms with van der Waals surface area (Å²) in [5.41, 5.74) is 0.654. The molecule has 17 heavy (non-hydrogen) atoms. The summed E-state index contributed by atoms with van der Waals surface area (Å²) in [6.07, 6.45) is 23.3. The van der Waals surface area contributed by atoms with E-state index in [-0.39, 0.29) is 0 Å². The van der Waals surface area contributed by atoms with Crippen molar-refractivity contribution < 1.29 is 0 Å². The van der Waals surface area contributed by atoms with Crippen molar-refractivity contribution in [2.75, 3.05) is 0 Å². The van der Waals surface area contributed by atoms with Crippen molar-refractivity contribution in [1.82, 2.24) is 5.32 Å².